The van der Waals surface area contributed by atoms with Crippen LogP contribution in [0.1, 0.15) is 46.1 Å². The molecule has 26 heavy (non-hydrogen) atoms. The van der Waals surface area contributed by atoms with Crippen LogP contribution in [0.2, 0.25) is 0 Å². The summed E-state index contributed by atoms with van der Waals surface area (Å²) in [5.74, 6) is 0. The van der Waals surface area contributed by atoms with Crippen molar-refractivity contribution in [2.45, 2.75) is 51.8 Å². The third kappa shape index (κ3) is 6.10. The lowest BCUT2D eigenvalue weighted by Gasteiger charge is -2.31. The standard InChI is InChI=1S/C22H31FN2O/c1-21(2,23)16-26-22(3,4)20-14-11-18(15-24-20)8-7-17-9-12-19(13-10-17)25(5)6/h7-10,12-13,15H,11,14,16H2,1-6H3/b8-7+. The van der Waals surface area contributed by atoms with Gasteiger partial charge in [-0.3, -0.25) is 4.99 Å². The number of ether oxygens (including phenoxy) is 1. The van der Waals surface area contributed by atoms with Crippen LogP contribution in [-0.4, -0.2) is 37.7 Å². The summed E-state index contributed by atoms with van der Waals surface area (Å²) in [5.41, 5.74) is 2.63. The van der Waals surface area contributed by atoms with E-state index in [-0.39, 0.29) is 6.61 Å². The molecular formula is C22H31FN2O. The molecule has 1 aromatic rings. The first-order valence-corrected chi connectivity index (χ1v) is 9.11. The molecule has 0 saturated heterocycles. The van der Waals surface area contributed by atoms with Gasteiger partial charge in [-0.1, -0.05) is 24.3 Å². The van der Waals surface area contributed by atoms with E-state index in [1.807, 2.05) is 34.1 Å². The lowest BCUT2D eigenvalue weighted by atomic mass is 9.93. The minimum Gasteiger partial charge on any atom is -0.378 e. The van der Waals surface area contributed by atoms with E-state index in [1.165, 1.54) is 30.7 Å². The van der Waals surface area contributed by atoms with Gasteiger partial charge in [0.1, 0.15) is 11.3 Å². The van der Waals surface area contributed by atoms with E-state index in [0.717, 1.165) is 18.6 Å². The molecule has 0 spiro atoms. The Labute approximate surface area is 157 Å². The number of benzene rings is 1. The highest BCUT2D eigenvalue weighted by atomic mass is 19.1. The number of anilines is 1. The quantitative estimate of drug-likeness (QED) is 0.649. The number of hydrogen-bond donors (Lipinski definition) is 0. The van der Waals surface area contributed by atoms with E-state index >= 15 is 0 Å². The second-order valence-electron chi connectivity index (χ2n) is 8.12. The van der Waals surface area contributed by atoms with Crippen LogP contribution in [0, 0.1) is 0 Å². The zero-order chi connectivity index (χ0) is 19.4. The molecule has 0 atom stereocenters. The summed E-state index contributed by atoms with van der Waals surface area (Å²) < 4.78 is 19.5. The summed E-state index contributed by atoms with van der Waals surface area (Å²) in [4.78, 5) is 6.67. The molecule has 0 aromatic heterocycles. The van der Waals surface area contributed by atoms with Gasteiger partial charge in [0.2, 0.25) is 0 Å². The predicted molar refractivity (Wildman–Crippen MR) is 110 cm³/mol. The molecule has 0 amide bonds. The van der Waals surface area contributed by atoms with Gasteiger partial charge in [0.25, 0.3) is 0 Å². The van der Waals surface area contributed by atoms with Gasteiger partial charge in [-0.05, 0) is 63.8 Å². The molecule has 1 aliphatic heterocycles. The topological polar surface area (TPSA) is 24.8 Å². The monoisotopic (exact) mass is 358 g/mol. The Balaban J connectivity index is 2.00. The molecule has 142 valence electrons. The molecule has 0 bridgehead atoms. The normalized spacial score (nSPS) is 15.8. The maximum absolute atomic E-state index is 13.7. The molecule has 0 radical (unpaired) electrons. The minimum atomic E-state index is -1.33. The summed E-state index contributed by atoms with van der Waals surface area (Å²) in [6, 6.07) is 8.44. The summed E-state index contributed by atoms with van der Waals surface area (Å²) in [6.45, 7) is 7.04. The molecule has 3 nitrogen and oxygen atoms in total. The molecule has 4 heteroatoms. The predicted octanol–water partition coefficient (Wildman–Crippen LogP) is 5.43. The minimum absolute atomic E-state index is 0.0679. The largest absolute Gasteiger partial charge is 0.378 e. The number of nitrogens with zero attached hydrogens (tertiary/aromatic N) is 2. The molecule has 1 heterocycles. The summed E-state index contributed by atoms with van der Waals surface area (Å²) in [7, 11) is 4.07. The lowest BCUT2D eigenvalue weighted by molar-refractivity contribution is -0.0270. The SMILES string of the molecule is CN(C)c1ccc(/C=C/C2=CN=C(C(C)(C)OCC(C)(C)F)CC2)cc1. The maximum Gasteiger partial charge on any atom is 0.128 e. The van der Waals surface area contributed by atoms with Gasteiger partial charge in [0.05, 0.1) is 6.61 Å². The second kappa shape index (κ2) is 8.17. The first kappa shape index (κ1) is 20.4. The van der Waals surface area contributed by atoms with Crippen LogP contribution in [0.5, 0.6) is 0 Å². The number of halogens is 1. The number of hydrogen-bond acceptors (Lipinski definition) is 3. The van der Waals surface area contributed by atoms with Gasteiger partial charge in [-0.25, -0.2) is 4.39 Å². The van der Waals surface area contributed by atoms with E-state index in [1.54, 1.807) is 0 Å². The average molecular weight is 359 g/mol. The molecule has 0 unspecified atom stereocenters. The molecule has 1 aromatic carbocycles. The zero-order valence-electron chi connectivity index (χ0n) is 16.8. The maximum atomic E-state index is 13.7. The Kier molecular flexibility index (Phi) is 6.40. The Morgan fingerprint density at radius 3 is 2.23 bits per heavy atom. The van der Waals surface area contributed by atoms with Crippen molar-refractivity contribution in [2.24, 2.45) is 4.99 Å². The fourth-order valence-corrected chi connectivity index (χ4v) is 2.66. The van der Waals surface area contributed by atoms with Crippen LogP contribution in [0.4, 0.5) is 10.1 Å². The summed E-state index contributed by atoms with van der Waals surface area (Å²) >= 11 is 0. The Bertz CT molecular complexity index is 692. The van der Waals surface area contributed by atoms with Crippen molar-refractivity contribution >= 4 is 17.5 Å². The molecular weight excluding hydrogens is 327 g/mol. The Morgan fingerprint density at radius 2 is 1.73 bits per heavy atom. The Hall–Kier alpha value is -1.94. The number of rotatable bonds is 7. The van der Waals surface area contributed by atoms with Crippen molar-refractivity contribution in [1.82, 2.24) is 0 Å². The van der Waals surface area contributed by atoms with Gasteiger partial charge in [-0.2, -0.15) is 0 Å². The van der Waals surface area contributed by atoms with Crippen LogP contribution in [0.15, 0.2) is 47.1 Å². The van der Waals surface area contributed by atoms with Gasteiger partial charge in [0, 0.05) is 31.7 Å². The molecule has 0 N–H and O–H groups in total. The van der Waals surface area contributed by atoms with E-state index < -0.39 is 11.3 Å². The highest BCUT2D eigenvalue weighted by molar-refractivity contribution is 5.93. The summed E-state index contributed by atoms with van der Waals surface area (Å²) in [5, 5.41) is 0. The van der Waals surface area contributed by atoms with Gasteiger partial charge >= 0.3 is 0 Å². The number of alkyl halides is 1. The van der Waals surface area contributed by atoms with E-state index in [9.17, 15) is 4.39 Å². The lowest BCUT2D eigenvalue weighted by Crippen LogP contribution is -2.39. The zero-order valence-corrected chi connectivity index (χ0v) is 16.8. The molecule has 0 aliphatic carbocycles. The van der Waals surface area contributed by atoms with Crippen LogP contribution >= 0.6 is 0 Å². The number of aliphatic imine (C=N–C) groups is 1. The molecule has 2 rings (SSSR count). The second-order valence-corrected chi connectivity index (χ2v) is 8.12. The fourth-order valence-electron chi connectivity index (χ4n) is 2.66. The summed E-state index contributed by atoms with van der Waals surface area (Å²) in [6.07, 6.45) is 7.87. The highest BCUT2D eigenvalue weighted by Gasteiger charge is 2.29. The van der Waals surface area contributed by atoms with Crippen LogP contribution in [0.25, 0.3) is 6.08 Å². The van der Waals surface area contributed by atoms with Gasteiger partial charge in [-0.15, -0.1) is 0 Å². The number of allylic oxidation sites excluding steroid dienone is 2. The van der Waals surface area contributed by atoms with Crippen molar-refractivity contribution in [3.05, 3.63) is 47.7 Å². The first-order chi connectivity index (χ1) is 12.1. The van der Waals surface area contributed by atoms with Crippen molar-refractivity contribution in [2.75, 3.05) is 25.6 Å². The third-order valence-electron chi connectivity index (χ3n) is 4.41. The van der Waals surface area contributed by atoms with E-state index in [2.05, 4.69) is 46.3 Å². The molecule has 0 saturated carbocycles. The Morgan fingerprint density at radius 1 is 1.08 bits per heavy atom. The molecule has 1 aliphatic rings. The van der Waals surface area contributed by atoms with Crippen molar-refractivity contribution in [1.29, 1.82) is 0 Å². The van der Waals surface area contributed by atoms with Gasteiger partial charge < -0.3 is 9.64 Å². The fraction of sp³-hybridized carbons (Fsp3) is 0.500. The highest BCUT2D eigenvalue weighted by Crippen LogP contribution is 2.25. The first-order valence-electron chi connectivity index (χ1n) is 9.11. The van der Waals surface area contributed by atoms with Crippen molar-refractivity contribution < 1.29 is 9.13 Å². The average Bonchev–Trinajstić information content (AvgIpc) is 2.58. The van der Waals surface area contributed by atoms with Crippen molar-refractivity contribution in [3.8, 4) is 0 Å². The molecule has 0 fully saturated rings. The van der Waals surface area contributed by atoms with Gasteiger partial charge in [0.15, 0.2) is 0 Å². The van der Waals surface area contributed by atoms with E-state index in [4.69, 9.17) is 4.74 Å². The van der Waals surface area contributed by atoms with Crippen LogP contribution in [0.3, 0.4) is 0 Å². The van der Waals surface area contributed by atoms with Crippen molar-refractivity contribution in [3.63, 3.8) is 0 Å². The van der Waals surface area contributed by atoms with Crippen LogP contribution < -0.4 is 4.90 Å². The van der Waals surface area contributed by atoms with Crippen LogP contribution in [-0.2, 0) is 4.74 Å². The smallest absolute Gasteiger partial charge is 0.128 e. The van der Waals surface area contributed by atoms with E-state index in [0.29, 0.717) is 0 Å². The third-order valence-corrected chi connectivity index (χ3v) is 4.41.